The summed E-state index contributed by atoms with van der Waals surface area (Å²) in [6.45, 7) is -0.456. The van der Waals surface area contributed by atoms with Crippen LogP contribution in [0.2, 0.25) is 0 Å². The van der Waals surface area contributed by atoms with Crippen molar-refractivity contribution in [1.29, 1.82) is 5.26 Å². The van der Waals surface area contributed by atoms with E-state index in [1.54, 1.807) is 12.1 Å². The number of alkyl halides is 3. The van der Waals surface area contributed by atoms with E-state index in [2.05, 4.69) is 10.9 Å². The lowest BCUT2D eigenvalue weighted by atomic mass is 10.1. The summed E-state index contributed by atoms with van der Waals surface area (Å²) in [6.07, 6.45) is -4.85. The highest BCUT2D eigenvalue weighted by atomic mass is 19.4. The van der Waals surface area contributed by atoms with Crippen molar-refractivity contribution >= 4 is 11.8 Å². The van der Waals surface area contributed by atoms with E-state index in [1.165, 1.54) is 24.3 Å². The van der Waals surface area contributed by atoms with Gasteiger partial charge in [0.25, 0.3) is 5.91 Å². The zero-order valence-corrected chi connectivity index (χ0v) is 13.8. The van der Waals surface area contributed by atoms with E-state index in [4.69, 9.17) is 10.00 Å². The Morgan fingerprint density at radius 3 is 2.44 bits per heavy atom. The molecule has 0 spiro atoms. The summed E-state index contributed by atoms with van der Waals surface area (Å²) in [6, 6.07) is 12.5. The average Bonchev–Trinajstić information content (AvgIpc) is 2.64. The van der Waals surface area contributed by atoms with Crippen LogP contribution in [-0.2, 0) is 22.2 Å². The molecule has 2 N–H and O–H groups in total. The van der Waals surface area contributed by atoms with Crippen LogP contribution in [0.25, 0.3) is 0 Å². The molecule has 0 fully saturated rings. The van der Waals surface area contributed by atoms with E-state index in [-0.39, 0.29) is 23.3 Å². The molecule has 0 saturated carbocycles. The molecule has 9 heteroatoms. The number of ether oxygens (including phenoxy) is 1. The van der Waals surface area contributed by atoms with Crippen LogP contribution in [0.1, 0.15) is 16.7 Å². The summed E-state index contributed by atoms with van der Waals surface area (Å²) in [5.41, 5.74) is 3.71. The number of rotatable bonds is 5. The topological polar surface area (TPSA) is 91.2 Å². The molecule has 0 bridgehead atoms. The van der Waals surface area contributed by atoms with E-state index in [1.807, 2.05) is 6.07 Å². The van der Waals surface area contributed by atoms with Gasteiger partial charge in [-0.15, -0.1) is 0 Å². The van der Waals surface area contributed by atoms with Crippen molar-refractivity contribution in [3.05, 3.63) is 65.2 Å². The number of halogens is 3. The lowest BCUT2D eigenvalue weighted by molar-refractivity contribution is -0.137. The van der Waals surface area contributed by atoms with Gasteiger partial charge in [0.1, 0.15) is 11.8 Å². The number of nitrogens with zero attached hydrogens (tertiary/aromatic N) is 1. The second-order valence-electron chi connectivity index (χ2n) is 5.37. The van der Waals surface area contributed by atoms with Crippen LogP contribution in [0.3, 0.4) is 0 Å². The first-order valence-electron chi connectivity index (χ1n) is 7.65. The van der Waals surface area contributed by atoms with Crippen molar-refractivity contribution in [2.45, 2.75) is 12.6 Å². The quantitative estimate of drug-likeness (QED) is 0.783. The summed E-state index contributed by atoms with van der Waals surface area (Å²) in [5, 5.41) is 8.91. The molecular weight excluding hydrogens is 363 g/mol. The van der Waals surface area contributed by atoms with Gasteiger partial charge in [-0.05, 0) is 23.8 Å². The fourth-order valence-corrected chi connectivity index (χ4v) is 2.09. The maximum atomic E-state index is 12.6. The third-order valence-electron chi connectivity index (χ3n) is 3.33. The van der Waals surface area contributed by atoms with Crippen LogP contribution >= 0.6 is 0 Å². The standard InChI is InChI=1S/C18H14F3N3O3/c19-18(20,21)14-6-3-4-12(8-14)9-16(25)23-24-17(26)11-27-15-7-2-1-5-13(15)10-22/h1-8H,9,11H2,(H,23,25)(H,24,26). The number of nitrogens with one attached hydrogen (secondary N) is 2. The molecule has 0 saturated heterocycles. The van der Waals surface area contributed by atoms with Gasteiger partial charge in [-0.25, -0.2) is 0 Å². The predicted octanol–water partition coefficient (Wildman–Crippen LogP) is 2.35. The Kier molecular flexibility index (Phi) is 6.38. The van der Waals surface area contributed by atoms with Crippen LogP contribution in [0.4, 0.5) is 13.2 Å². The number of para-hydroxylation sites is 1. The van der Waals surface area contributed by atoms with Gasteiger partial charge >= 0.3 is 6.18 Å². The minimum Gasteiger partial charge on any atom is -0.482 e. The molecule has 0 aromatic heterocycles. The summed E-state index contributed by atoms with van der Waals surface area (Å²) >= 11 is 0. The Labute approximate surface area is 152 Å². The molecule has 0 unspecified atom stereocenters. The van der Waals surface area contributed by atoms with Gasteiger partial charge in [0.05, 0.1) is 17.5 Å². The van der Waals surface area contributed by atoms with Crippen molar-refractivity contribution in [3.63, 3.8) is 0 Å². The summed E-state index contributed by atoms with van der Waals surface area (Å²) < 4.78 is 43.1. The number of hydrogen-bond donors (Lipinski definition) is 2. The van der Waals surface area contributed by atoms with Crippen LogP contribution in [-0.4, -0.2) is 18.4 Å². The van der Waals surface area contributed by atoms with E-state index < -0.39 is 30.2 Å². The third kappa shape index (κ3) is 6.04. The van der Waals surface area contributed by atoms with Gasteiger partial charge in [-0.3, -0.25) is 20.4 Å². The summed E-state index contributed by atoms with van der Waals surface area (Å²) in [5.74, 6) is -1.18. The molecule has 2 amide bonds. The van der Waals surface area contributed by atoms with E-state index in [0.717, 1.165) is 12.1 Å². The maximum Gasteiger partial charge on any atom is 0.416 e. The molecule has 6 nitrogen and oxygen atoms in total. The fraction of sp³-hybridized carbons (Fsp3) is 0.167. The highest BCUT2D eigenvalue weighted by Gasteiger charge is 2.30. The second-order valence-corrected chi connectivity index (χ2v) is 5.37. The minimum atomic E-state index is -4.50. The molecule has 2 rings (SSSR count). The van der Waals surface area contributed by atoms with Crippen molar-refractivity contribution in [2.24, 2.45) is 0 Å². The van der Waals surface area contributed by atoms with Crippen molar-refractivity contribution < 1.29 is 27.5 Å². The lowest BCUT2D eigenvalue weighted by Gasteiger charge is -2.11. The van der Waals surface area contributed by atoms with E-state index in [0.29, 0.717) is 0 Å². The SMILES string of the molecule is N#Cc1ccccc1OCC(=O)NNC(=O)Cc1cccc(C(F)(F)F)c1. The molecule has 0 radical (unpaired) electrons. The van der Waals surface area contributed by atoms with Gasteiger partial charge < -0.3 is 4.74 Å². The van der Waals surface area contributed by atoms with Gasteiger partial charge in [0.15, 0.2) is 6.61 Å². The molecule has 2 aromatic carbocycles. The number of hydrogen-bond acceptors (Lipinski definition) is 4. The molecule has 0 aliphatic carbocycles. The van der Waals surface area contributed by atoms with Crippen molar-refractivity contribution in [1.82, 2.24) is 10.9 Å². The second kappa shape index (κ2) is 8.71. The highest BCUT2D eigenvalue weighted by molar-refractivity contribution is 5.83. The third-order valence-corrected chi connectivity index (χ3v) is 3.33. The zero-order valence-electron chi connectivity index (χ0n) is 13.8. The van der Waals surface area contributed by atoms with Gasteiger partial charge in [-0.1, -0.05) is 30.3 Å². The van der Waals surface area contributed by atoms with Crippen LogP contribution in [0, 0.1) is 11.3 Å². The number of carbonyl (C=O) groups excluding carboxylic acids is 2. The Hall–Kier alpha value is -3.54. The van der Waals surface area contributed by atoms with Gasteiger partial charge in [-0.2, -0.15) is 18.4 Å². The van der Waals surface area contributed by atoms with Crippen molar-refractivity contribution in [3.8, 4) is 11.8 Å². The lowest BCUT2D eigenvalue weighted by Crippen LogP contribution is -2.44. The number of carbonyl (C=O) groups is 2. The van der Waals surface area contributed by atoms with E-state index >= 15 is 0 Å². The van der Waals surface area contributed by atoms with Gasteiger partial charge in [0, 0.05) is 0 Å². The number of amides is 2. The minimum absolute atomic E-state index is 0.149. The summed E-state index contributed by atoms with van der Waals surface area (Å²) in [4.78, 5) is 23.4. The van der Waals surface area contributed by atoms with Crippen LogP contribution < -0.4 is 15.6 Å². The Balaban J connectivity index is 1.82. The van der Waals surface area contributed by atoms with Crippen LogP contribution in [0.15, 0.2) is 48.5 Å². The summed E-state index contributed by atoms with van der Waals surface area (Å²) in [7, 11) is 0. The maximum absolute atomic E-state index is 12.6. The average molecular weight is 377 g/mol. The number of benzene rings is 2. The first-order valence-corrected chi connectivity index (χ1v) is 7.65. The van der Waals surface area contributed by atoms with Gasteiger partial charge in [0.2, 0.25) is 5.91 Å². The fourth-order valence-electron chi connectivity index (χ4n) is 2.09. The first-order chi connectivity index (χ1) is 12.8. The Morgan fingerprint density at radius 2 is 1.74 bits per heavy atom. The molecule has 0 heterocycles. The normalized spacial score (nSPS) is 10.6. The van der Waals surface area contributed by atoms with E-state index in [9.17, 15) is 22.8 Å². The Bertz CT molecular complexity index is 876. The van der Waals surface area contributed by atoms with Crippen LogP contribution in [0.5, 0.6) is 5.75 Å². The monoisotopic (exact) mass is 377 g/mol. The molecular formula is C18H14F3N3O3. The molecule has 27 heavy (non-hydrogen) atoms. The molecule has 2 aromatic rings. The van der Waals surface area contributed by atoms with Crippen molar-refractivity contribution in [2.75, 3.05) is 6.61 Å². The first kappa shape index (κ1) is 19.8. The zero-order chi connectivity index (χ0) is 19.9. The Morgan fingerprint density at radius 1 is 1.04 bits per heavy atom. The molecule has 0 aliphatic rings. The molecule has 140 valence electrons. The molecule has 0 atom stereocenters. The number of nitriles is 1. The number of hydrazine groups is 1. The predicted molar refractivity (Wildman–Crippen MR) is 88.1 cm³/mol. The smallest absolute Gasteiger partial charge is 0.416 e. The largest absolute Gasteiger partial charge is 0.482 e. The molecule has 0 aliphatic heterocycles. The highest BCUT2D eigenvalue weighted by Crippen LogP contribution is 2.29.